The van der Waals surface area contributed by atoms with Crippen molar-refractivity contribution in [3.8, 4) is 0 Å². The van der Waals surface area contributed by atoms with Crippen molar-refractivity contribution in [3.05, 3.63) is 35.4 Å². The average Bonchev–Trinajstić information content (AvgIpc) is 2.09. The van der Waals surface area contributed by atoms with Crippen LogP contribution in [0.2, 0.25) is 0 Å². The molecule has 1 atom stereocenters. The summed E-state index contributed by atoms with van der Waals surface area (Å²) in [6.45, 7) is 1.55. The summed E-state index contributed by atoms with van der Waals surface area (Å²) in [5, 5.41) is 8.51. The molecule has 0 saturated heterocycles. The molecule has 0 saturated carbocycles. The van der Waals surface area contributed by atoms with Crippen molar-refractivity contribution in [1.29, 1.82) is 0 Å². The normalized spacial score (nSPS) is 12.9. The Bertz CT molecular complexity index is 247. The molecule has 1 nitrogen and oxygen atoms in total. The Morgan fingerprint density at radius 2 is 2.08 bits per heavy atom. The van der Waals surface area contributed by atoms with Gasteiger partial charge in [-0.05, 0) is 18.1 Å². The SMILES string of the molecule is Cc1ccccc1C[C@H](F)CO. The smallest absolute Gasteiger partial charge is 0.127 e. The molecule has 66 valence electrons. The number of aryl methyl sites for hydroxylation is 1. The molecule has 1 rings (SSSR count). The quantitative estimate of drug-likeness (QED) is 0.730. The lowest BCUT2D eigenvalue weighted by Crippen LogP contribution is -2.10. The van der Waals surface area contributed by atoms with Crippen molar-refractivity contribution in [2.45, 2.75) is 19.5 Å². The van der Waals surface area contributed by atoms with Crippen LogP contribution in [0.15, 0.2) is 24.3 Å². The Hall–Kier alpha value is -0.890. The van der Waals surface area contributed by atoms with Crippen molar-refractivity contribution < 1.29 is 9.50 Å². The molecule has 1 N–H and O–H groups in total. The molecule has 0 aliphatic heterocycles. The highest BCUT2D eigenvalue weighted by Crippen LogP contribution is 2.10. The predicted molar refractivity (Wildman–Crippen MR) is 46.9 cm³/mol. The molecule has 0 fully saturated rings. The minimum Gasteiger partial charge on any atom is -0.393 e. The largest absolute Gasteiger partial charge is 0.393 e. The molecule has 0 aromatic heterocycles. The molecule has 0 aliphatic rings. The van der Waals surface area contributed by atoms with E-state index in [2.05, 4.69) is 0 Å². The molecule has 0 heterocycles. The van der Waals surface area contributed by atoms with E-state index in [1.165, 1.54) is 0 Å². The number of hydrogen-bond donors (Lipinski definition) is 1. The zero-order valence-corrected chi connectivity index (χ0v) is 7.13. The zero-order valence-electron chi connectivity index (χ0n) is 7.13. The van der Waals surface area contributed by atoms with Gasteiger partial charge in [-0.25, -0.2) is 4.39 Å². The summed E-state index contributed by atoms with van der Waals surface area (Å²) in [6, 6.07) is 7.63. The van der Waals surface area contributed by atoms with Crippen LogP contribution < -0.4 is 0 Å². The Kier molecular flexibility index (Phi) is 3.23. The van der Waals surface area contributed by atoms with Gasteiger partial charge in [0.2, 0.25) is 0 Å². The molecule has 0 spiro atoms. The van der Waals surface area contributed by atoms with Gasteiger partial charge in [0.15, 0.2) is 0 Å². The summed E-state index contributed by atoms with van der Waals surface area (Å²) in [5.74, 6) is 0. The minimum absolute atomic E-state index is 0.309. The number of aliphatic hydroxyl groups is 1. The predicted octanol–water partition coefficient (Wildman–Crippen LogP) is 1.87. The lowest BCUT2D eigenvalue weighted by Gasteiger charge is -2.06. The third-order valence-electron chi connectivity index (χ3n) is 1.90. The summed E-state index contributed by atoms with van der Waals surface area (Å²) < 4.78 is 12.7. The van der Waals surface area contributed by atoms with Crippen LogP contribution in [0, 0.1) is 6.92 Å². The van der Waals surface area contributed by atoms with E-state index >= 15 is 0 Å². The molecule has 1 aromatic rings. The lowest BCUT2D eigenvalue weighted by molar-refractivity contribution is 0.177. The standard InChI is InChI=1S/C10H13FO/c1-8-4-2-3-5-9(8)6-10(11)7-12/h2-5,10,12H,6-7H2,1H3/t10-/m0/s1. The number of aliphatic hydroxyl groups excluding tert-OH is 1. The first-order valence-corrected chi connectivity index (χ1v) is 4.03. The monoisotopic (exact) mass is 168 g/mol. The van der Waals surface area contributed by atoms with Gasteiger partial charge in [-0.3, -0.25) is 0 Å². The van der Waals surface area contributed by atoms with Crippen molar-refractivity contribution in [2.24, 2.45) is 0 Å². The highest BCUT2D eigenvalue weighted by molar-refractivity contribution is 5.26. The molecule has 2 heteroatoms. The fraction of sp³-hybridized carbons (Fsp3) is 0.400. The molecule has 0 aliphatic carbocycles. The molecule has 0 radical (unpaired) electrons. The van der Waals surface area contributed by atoms with Gasteiger partial charge in [0.05, 0.1) is 6.61 Å². The van der Waals surface area contributed by atoms with Crippen LogP contribution in [-0.2, 0) is 6.42 Å². The molecule has 1 aromatic carbocycles. The first kappa shape index (κ1) is 9.20. The van der Waals surface area contributed by atoms with Crippen molar-refractivity contribution in [2.75, 3.05) is 6.61 Å². The molecule has 0 bridgehead atoms. The Morgan fingerprint density at radius 1 is 1.42 bits per heavy atom. The van der Waals surface area contributed by atoms with E-state index in [0.717, 1.165) is 11.1 Å². The molecule has 12 heavy (non-hydrogen) atoms. The Balaban J connectivity index is 2.69. The summed E-state index contributed by atoms with van der Waals surface area (Å²) in [5.41, 5.74) is 2.05. The van der Waals surface area contributed by atoms with Crippen LogP contribution in [0.1, 0.15) is 11.1 Å². The van der Waals surface area contributed by atoms with Crippen LogP contribution in [0.4, 0.5) is 4.39 Å². The van der Waals surface area contributed by atoms with Gasteiger partial charge in [0.25, 0.3) is 0 Å². The maximum Gasteiger partial charge on any atom is 0.127 e. The number of halogens is 1. The highest BCUT2D eigenvalue weighted by Gasteiger charge is 2.06. The van der Waals surface area contributed by atoms with Crippen LogP contribution in [0.5, 0.6) is 0 Å². The van der Waals surface area contributed by atoms with E-state index in [1.807, 2.05) is 31.2 Å². The van der Waals surface area contributed by atoms with Gasteiger partial charge >= 0.3 is 0 Å². The second-order valence-corrected chi connectivity index (χ2v) is 2.91. The van der Waals surface area contributed by atoms with Gasteiger partial charge in [-0.1, -0.05) is 24.3 Å². The number of alkyl halides is 1. The molecular weight excluding hydrogens is 155 g/mol. The second-order valence-electron chi connectivity index (χ2n) is 2.91. The van der Waals surface area contributed by atoms with E-state index in [0.29, 0.717) is 6.42 Å². The second kappa shape index (κ2) is 4.21. The van der Waals surface area contributed by atoms with E-state index in [-0.39, 0.29) is 0 Å². The molecule has 0 amide bonds. The summed E-state index contributed by atoms with van der Waals surface area (Å²) in [6.07, 6.45) is -0.825. The fourth-order valence-electron chi connectivity index (χ4n) is 1.14. The molecular formula is C10H13FO. The molecule has 0 unspecified atom stereocenters. The van der Waals surface area contributed by atoms with Crippen molar-refractivity contribution in [3.63, 3.8) is 0 Å². The number of rotatable bonds is 3. The third kappa shape index (κ3) is 2.31. The van der Waals surface area contributed by atoms with E-state index in [1.54, 1.807) is 0 Å². The number of hydrogen-bond acceptors (Lipinski definition) is 1. The third-order valence-corrected chi connectivity index (χ3v) is 1.90. The van der Waals surface area contributed by atoms with Gasteiger partial charge < -0.3 is 5.11 Å². The minimum atomic E-state index is -1.13. The Labute approximate surface area is 71.9 Å². The van der Waals surface area contributed by atoms with E-state index in [9.17, 15) is 4.39 Å². The van der Waals surface area contributed by atoms with E-state index < -0.39 is 12.8 Å². The Morgan fingerprint density at radius 3 is 2.67 bits per heavy atom. The number of benzene rings is 1. The maximum absolute atomic E-state index is 12.7. The summed E-state index contributed by atoms with van der Waals surface area (Å²) in [7, 11) is 0. The van der Waals surface area contributed by atoms with Crippen LogP contribution in [0.3, 0.4) is 0 Å². The highest BCUT2D eigenvalue weighted by atomic mass is 19.1. The lowest BCUT2D eigenvalue weighted by atomic mass is 10.0. The van der Waals surface area contributed by atoms with Gasteiger partial charge in [-0.15, -0.1) is 0 Å². The maximum atomic E-state index is 12.7. The van der Waals surface area contributed by atoms with Crippen LogP contribution in [-0.4, -0.2) is 17.9 Å². The summed E-state index contributed by atoms with van der Waals surface area (Å²) in [4.78, 5) is 0. The first-order valence-electron chi connectivity index (χ1n) is 4.03. The van der Waals surface area contributed by atoms with Gasteiger partial charge in [0.1, 0.15) is 6.17 Å². The van der Waals surface area contributed by atoms with Crippen molar-refractivity contribution >= 4 is 0 Å². The zero-order chi connectivity index (χ0) is 8.97. The average molecular weight is 168 g/mol. The van der Waals surface area contributed by atoms with Crippen LogP contribution >= 0.6 is 0 Å². The van der Waals surface area contributed by atoms with Gasteiger partial charge in [0, 0.05) is 6.42 Å². The topological polar surface area (TPSA) is 20.2 Å². The van der Waals surface area contributed by atoms with E-state index in [4.69, 9.17) is 5.11 Å². The fourth-order valence-corrected chi connectivity index (χ4v) is 1.14. The van der Waals surface area contributed by atoms with Crippen LogP contribution in [0.25, 0.3) is 0 Å². The summed E-state index contributed by atoms with van der Waals surface area (Å²) >= 11 is 0. The van der Waals surface area contributed by atoms with Gasteiger partial charge in [-0.2, -0.15) is 0 Å². The van der Waals surface area contributed by atoms with Crippen molar-refractivity contribution in [1.82, 2.24) is 0 Å². The first-order chi connectivity index (χ1) is 5.74.